The Labute approximate surface area is 88.0 Å². The molecule has 15 heavy (non-hydrogen) atoms. The second kappa shape index (κ2) is 4.85. The molecule has 0 spiro atoms. The molecule has 2 heterocycles. The third kappa shape index (κ3) is 2.63. The molecule has 1 fully saturated rings. The van der Waals surface area contributed by atoms with Crippen LogP contribution in [0, 0.1) is 0 Å². The summed E-state index contributed by atoms with van der Waals surface area (Å²) in [6, 6.07) is 0. The predicted octanol–water partition coefficient (Wildman–Crippen LogP) is -1.25. The van der Waals surface area contributed by atoms with Crippen LogP contribution in [0.25, 0.3) is 0 Å². The average Bonchev–Trinajstić information content (AvgIpc) is 2.60. The van der Waals surface area contributed by atoms with Crippen molar-refractivity contribution in [3.05, 3.63) is 16.3 Å². The summed E-state index contributed by atoms with van der Waals surface area (Å²) in [5.41, 5.74) is -0.362. The van der Waals surface area contributed by atoms with Gasteiger partial charge < -0.3 is 9.63 Å². The highest BCUT2D eigenvalue weighted by Crippen LogP contribution is 2.04. The zero-order valence-corrected chi connectivity index (χ0v) is 9.14. The Hall–Kier alpha value is -0.750. The number of morpholine rings is 1. The molecule has 1 unspecified atom stereocenters. The minimum atomic E-state index is -0.620. The van der Waals surface area contributed by atoms with E-state index in [0.717, 1.165) is 17.5 Å². The Bertz CT molecular complexity index is 371. The summed E-state index contributed by atoms with van der Waals surface area (Å²) < 4.78 is 6.23. The first-order chi connectivity index (χ1) is 7.29. The van der Waals surface area contributed by atoms with Gasteiger partial charge in [-0.15, -0.1) is 5.10 Å². The third-order valence-corrected chi connectivity index (χ3v) is 2.73. The first-order valence-corrected chi connectivity index (χ1v) is 5.57. The Morgan fingerprint density at radius 2 is 2.27 bits per heavy atom. The summed E-state index contributed by atoms with van der Waals surface area (Å²) in [6.45, 7) is 3.71. The van der Waals surface area contributed by atoms with Gasteiger partial charge in [-0.25, -0.2) is 4.79 Å². The molecule has 0 saturated carbocycles. The fraction of sp³-hybridized carbons (Fsp3) is 0.714. The SMILES string of the molecule is O=c1[nH]c(CN2CCOCC2)nn1PO. The number of H-pyrrole nitrogens is 1. The number of rotatable bonds is 3. The molecule has 0 radical (unpaired) electrons. The second-order valence-electron chi connectivity index (χ2n) is 3.28. The van der Waals surface area contributed by atoms with Crippen molar-refractivity contribution < 1.29 is 9.63 Å². The molecule has 0 amide bonds. The average molecular weight is 232 g/mol. The molecule has 1 aromatic rings. The van der Waals surface area contributed by atoms with E-state index in [1.54, 1.807) is 0 Å². The minimum Gasteiger partial charge on any atom is -0.379 e. The highest BCUT2D eigenvalue weighted by molar-refractivity contribution is 7.28. The van der Waals surface area contributed by atoms with Gasteiger partial charge in [0.25, 0.3) is 0 Å². The van der Waals surface area contributed by atoms with Gasteiger partial charge in [0.1, 0.15) is 14.8 Å². The van der Waals surface area contributed by atoms with Crippen molar-refractivity contribution in [1.82, 2.24) is 19.4 Å². The Morgan fingerprint density at radius 3 is 2.87 bits per heavy atom. The minimum absolute atomic E-state index is 0.362. The monoisotopic (exact) mass is 232 g/mol. The summed E-state index contributed by atoms with van der Waals surface area (Å²) >= 11 is 0. The number of nitrogens with zero attached hydrogens (tertiary/aromatic N) is 3. The van der Waals surface area contributed by atoms with E-state index >= 15 is 0 Å². The molecular formula is C7H13N4O3P. The van der Waals surface area contributed by atoms with E-state index in [2.05, 4.69) is 15.0 Å². The van der Waals surface area contributed by atoms with Crippen LogP contribution in [-0.4, -0.2) is 50.6 Å². The molecular weight excluding hydrogens is 219 g/mol. The number of hydrogen-bond acceptors (Lipinski definition) is 5. The highest BCUT2D eigenvalue weighted by atomic mass is 31.1. The lowest BCUT2D eigenvalue weighted by Crippen LogP contribution is -2.36. The molecule has 0 bridgehead atoms. The van der Waals surface area contributed by atoms with Crippen LogP contribution in [-0.2, 0) is 11.3 Å². The largest absolute Gasteiger partial charge is 0.379 e. The van der Waals surface area contributed by atoms with E-state index in [1.165, 1.54) is 0 Å². The van der Waals surface area contributed by atoms with Crippen LogP contribution >= 0.6 is 8.96 Å². The number of hydrogen-bond donors (Lipinski definition) is 2. The van der Waals surface area contributed by atoms with E-state index in [-0.39, 0.29) is 5.69 Å². The van der Waals surface area contributed by atoms with Crippen LogP contribution < -0.4 is 5.69 Å². The molecule has 2 N–H and O–H groups in total. The number of aromatic nitrogens is 3. The van der Waals surface area contributed by atoms with Crippen molar-refractivity contribution in [3.63, 3.8) is 0 Å². The standard InChI is InChI=1S/C7H13N4O3P/c12-7-8-6(9-11(7)15-13)5-10-1-3-14-4-2-10/h13,15H,1-5H2,(H,8,9,12). The van der Waals surface area contributed by atoms with Crippen LogP contribution in [0.3, 0.4) is 0 Å². The molecule has 1 aliphatic rings. The summed E-state index contributed by atoms with van der Waals surface area (Å²) in [4.78, 5) is 24.7. The maximum Gasteiger partial charge on any atom is 0.348 e. The normalized spacial score (nSPS) is 19.0. The van der Waals surface area contributed by atoms with Gasteiger partial charge in [0.05, 0.1) is 19.8 Å². The van der Waals surface area contributed by atoms with Gasteiger partial charge in [-0.3, -0.25) is 9.88 Å². The van der Waals surface area contributed by atoms with Gasteiger partial charge in [-0.2, -0.15) is 4.45 Å². The fourth-order valence-corrected chi connectivity index (χ4v) is 1.79. The van der Waals surface area contributed by atoms with Gasteiger partial charge in [0, 0.05) is 13.1 Å². The first kappa shape index (κ1) is 10.8. The molecule has 2 rings (SSSR count). The van der Waals surface area contributed by atoms with Gasteiger partial charge in [-0.1, -0.05) is 0 Å². The topological polar surface area (TPSA) is 83.4 Å². The van der Waals surface area contributed by atoms with Gasteiger partial charge in [0.15, 0.2) is 0 Å². The smallest absolute Gasteiger partial charge is 0.348 e. The maximum absolute atomic E-state index is 11.2. The van der Waals surface area contributed by atoms with Crippen LogP contribution in [0.1, 0.15) is 5.82 Å². The molecule has 1 aromatic heterocycles. The molecule has 1 aliphatic heterocycles. The van der Waals surface area contributed by atoms with Gasteiger partial charge in [-0.05, 0) is 0 Å². The molecule has 8 heteroatoms. The summed E-state index contributed by atoms with van der Waals surface area (Å²) in [7, 11) is -0.620. The lowest BCUT2D eigenvalue weighted by molar-refractivity contribution is 0.0331. The zero-order chi connectivity index (χ0) is 10.7. The summed E-state index contributed by atoms with van der Waals surface area (Å²) in [5.74, 6) is 0.587. The van der Waals surface area contributed by atoms with E-state index in [4.69, 9.17) is 9.63 Å². The molecule has 84 valence electrons. The Balaban J connectivity index is 2.00. The Morgan fingerprint density at radius 1 is 1.53 bits per heavy atom. The first-order valence-electron chi connectivity index (χ1n) is 4.68. The summed E-state index contributed by atoms with van der Waals surface area (Å²) in [5, 5.41) is 3.95. The van der Waals surface area contributed by atoms with Crippen LogP contribution in [0.4, 0.5) is 0 Å². The summed E-state index contributed by atoms with van der Waals surface area (Å²) in [6.07, 6.45) is 0. The zero-order valence-electron chi connectivity index (χ0n) is 8.14. The highest BCUT2D eigenvalue weighted by Gasteiger charge is 2.13. The Kier molecular flexibility index (Phi) is 3.48. The van der Waals surface area contributed by atoms with Crippen molar-refractivity contribution in [2.45, 2.75) is 6.54 Å². The third-order valence-electron chi connectivity index (χ3n) is 2.24. The van der Waals surface area contributed by atoms with Gasteiger partial charge in [0.2, 0.25) is 0 Å². The number of nitrogens with one attached hydrogen (secondary N) is 1. The maximum atomic E-state index is 11.2. The van der Waals surface area contributed by atoms with Crippen molar-refractivity contribution >= 4 is 8.96 Å². The predicted molar refractivity (Wildman–Crippen MR) is 54.9 cm³/mol. The van der Waals surface area contributed by atoms with Crippen molar-refractivity contribution in [2.75, 3.05) is 26.3 Å². The van der Waals surface area contributed by atoms with Crippen molar-refractivity contribution in [1.29, 1.82) is 0 Å². The lowest BCUT2D eigenvalue weighted by Gasteiger charge is -2.25. The van der Waals surface area contributed by atoms with Crippen molar-refractivity contribution in [3.8, 4) is 0 Å². The molecule has 0 aliphatic carbocycles. The molecule has 1 saturated heterocycles. The van der Waals surface area contributed by atoms with E-state index in [9.17, 15) is 4.79 Å². The van der Waals surface area contributed by atoms with E-state index in [1.807, 2.05) is 0 Å². The second-order valence-corrected chi connectivity index (χ2v) is 3.90. The van der Waals surface area contributed by atoms with E-state index < -0.39 is 8.96 Å². The van der Waals surface area contributed by atoms with E-state index in [0.29, 0.717) is 25.6 Å². The van der Waals surface area contributed by atoms with Gasteiger partial charge >= 0.3 is 5.69 Å². The molecule has 1 atom stereocenters. The molecule has 7 nitrogen and oxygen atoms in total. The van der Waals surface area contributed by atoms with Crippen molar-refractivity contribution in [2.24, 2.45) is 0 Å². The lowest BCUT2D eigenvalue weighted by atomic mass is 10.4. The fourth-order valence-electron chi connectivity index (χ4n) is 1.48. The van der Waals surface area contributed by atoms with Crippen LogP contribution in [0.2, 0.25) is 0 Å². The molecule has 0 aromatic carbocycles. The quantitative estimate of drug-likeness (QED) is 0.636. The number of ether oxygens (including phenoxy) is 1. The van der Waals surface area contributed by atoms with Crippen LogP contribution in [0.15, 0.2) is 4.79 Å². The van der Waals surface area contributed by atoms with Crippen LogP contribution in [0.5, 0.6) is 0 Å². The number of aromatic amines is 1.